The highest BCUT2D eigenvalue weighted by Crippen LogP contribution is 2.23. The van der Waals surface area contributed by atoms with Gasteiger partial charge in [0.05, 0.1) is 6.54 Å². The molecule has 0 atom stereocenters. The quantitative estimate of drug-likeness (QED) is 0.566. The number of nitrogens with two attached hydrogens (primary N) is 1. The van der Waals surface area contributed by atoms with Crippen LogP contribution in [0.5, 0.6) is 0 Å². The van der Waals surface area contributed by atoms with E-state index in [4.69, 9.17) is 5.73 Å². The smallest absolute Gasteiger partial charge is 0.193 e. The van der Waals surface area contributed by atoms with Crippen LogP contribution in [-0.2, 0) is 6.54 Å². The highest BCUT2D eigenvalue weighted by atomic mass is 32.1. The molecule has 2 aromatic carbocycles. The van der Waals surface area contributed by atoms with E-state index in [1.54, 1.807) is 11.3 Å². The van der Waals surface area contributed by atoms with Gasteiger partial charge in [-0.25, -0.2) is 4.99 Å². The van der Waals surface area contributed by atoms with Gasteiger partial charge in [-0.3, -0.25) is 0 Å². The molecule has 100 valence electrons. The fraction of sp³-hybridized carbons (Fsp3) is 0.0625. The summed E-state index contributed by atoms with van der Waals surface area (Å²) in [4.78, 5) is 4.34. The molecular weight excluding hydrogens is 266 g/mol. The van der Waals surface area contributed by atoms with Crippen molar-refractivity contribution in [3.63, 3.8) is 0 Å². The summed E-state index contributed by atoms with van der Waals surface area (Å²) in [6, 6.07) is 18.3. The number of hydrogen-bond acceptors (Lipinski definition) is 2. The summed E-state index contributed by atoms with van der Waals surface area (Å²) in [5.41, 5.74) is 8.02. The number of thiophene rings is 1. The fourth-order valence-electron chi connectivity index (χ4n) is 1.99. The molecule has 4 heteroatoms. The van der Waals surface area contributed by atoms with Crippen molar-refractivity contribution in [2.24, 2.45) is 10.7 Å². The number of nitrogens with one attached hydrogen (secondary N) is 1. The van der Waals surface area contributed by atoms with Gasteiger partial charge in [-0.15, -0.1) is 11.3 Å². The first-order chi connectivity index (χ1) is 9.81. The van der Waals surface area contributed by atoms with Crippen molar-refractivity contribution in [2.75, 3.05) is 5.32 Å². The number of guanidine groups is 1. The Bertz CT molecular complexity index is 732. The number of aliphatic imine (C=N–C) groups is 1. The van der Waals surface area contributed by atoms with Gasteiger partial charge in [0.1, 0.15) is 0 Å². The molecule has 0 amide bonds. The number of fused-ring (bicyclic) bond motifs is 1. The zero-order valence-corrected chi connectivity index (χ0v) is 11.7. The predicted octanol–water partition coefficient (Wildman–Crippen LogP) is 3.83. The standard InChI is InChI=1S/C16H15N3S/c17-16(18-11-12-4-2-1-3-5-12)19-14-6-7-15-13(10-14)8-9-20-15/h1-10H,11H2,(H3,17,18,19). The molecule has 3 aromatic rings. The molecule has 0 fully saturated rings. The molecule has 20 heavy (non-hydrogen) atoms. The van der Waals surface area contributed by atoms with Crippen molar-refractivity contribution in [2.45, 2.75) is 6.54 Å². The molecule has 3 rings (SSSR count). The Morgan fingerprint density at radius 2 is 1.95 bits per heavy atom. The number of hydrogen-bond donors (Lipinski definition) is 2. The molecule has 0 aliphatic heterocycles. The largest absolute Gasteiger partial charge is 0.370 e. The van der Waals surface area contributed by atoms with E-state index in [1.807, 2.05) is 36.4 Å². The Morgan fingerprint density at radius 3 is 2.80 bits per heavy atom. The molecular formula is C16H15N3S. The molecule has 0 aliphatic carbocycles. The maximum atomic E-state index is 5.91. The first-order valence-electron chi connectivity index (χ1n) is 6.39. The second kappa shape index (κ2) is 5.75. The fourth-order valence-corrected chi connectivity index (χ4v) is 2.76. The molecule has 0 unspecified atom stereocenters. The zero-order chi connectivity index (χ0) is 13.8. The van der Waals surface area contributed by atoms with Crippen molar-refractivity contribution >= 4 is 33.1 Å². The van der Waals surface area contributed by atoms with Gasteiger partial charge in [-0.2, -0.15) is 0 Å². The van der Waals surface area contributed by atoms with Crippen LogP contribution < -0.4 is 11.1 Å². The van der Waals surface area contributed by atoms with Gasteiger partial charge in [0.25, 0.3) is 0 Å². The molecule has 0 radical (unpaired) electrons. The lowest BCUT2D eigenvalue weighted by molar-refractivity contribution is 1.06. The van der Waals surface area contributed by atoms with E-state index in [9.17, 15) is 0 Å². The number of benzene rings is 2. The molecule has 3 N–H and O–H groups in total. The van der Waals surface area contributed by atoms with Crippen LogP contribution in [0.2, 0.25) is 0 Å². The van der Waals surface area contributed by atoms with Crippen molar-refractivity contribution in [3.05, 3.63) is 65.5 Å². The monoisotopic (exact) mass is 281 g/mol. The van der Waals surface area contributed by atoms with E-state index >= 15 is 0 Å². The lowest BCUT2D eigenvalue weighted by Crippen LogP contribution is -2.22. The third-order valence-corrected chi connectivity index (χ3v) is 3.90. The van der Waals surface area contributed by atoms with Crippen molar-refractivity contribution in [1.82, 2.24) is 0 Å². The molecule has 1 aromatic heterocycles. The van der Waals surface area contributed by atoms with Crippen LogP contribution in [0.15, 0.2) is 65.0 Å². The van der Waals surface area contributed by atoms with Crippen molar-refractivity contribution in [1.29, 1.82) is 0 Å². The SMILES string of the molecule is NC(=NCc1ccccc1)Nc1ccc2sccc2c1. The summed E-state index contributed by atoms with van der Waals surface area (Å²) >= 11 is 1.73. The number of rotatable bonds is 3. The topological polar surface area (TPSA) is 50.4 Å². The van der Waals surface area contributed by atoms with E-state index in [2.05, 4.69) is 33.9 Å². The van der Waals surface area contributed by atoms with Crippen LogP contribution in [0.3, 0.4) is 0 Å². The Hall–Kier alpha value is -2.33. The number of anilines is 1. The highest BCUT2D eigenvalue weighted by Gasteiger charge is 1.99. The summed E-state index contributed by atoms with van der Waals surface area (Å²) in [7, 11) is 0. The minimum absolute atomic E-state index is 0.434. The average molecular weight is 281 g/mol. The third kappa shape index (κ3) is 2.97. The van der Waals surface area contributed by atoms with Crippen LogP contribution >= 0.6 is 11.3 Å². The van der Waals surface area contributed by atoms with Crippen LogP contribution in [0, 0.1) is 0 Å². The van der Waals surface area contributed by atoms with Crippen molar-refractivity contribution in [3.8, 4) is 0 Å². The van der Waals surface area contributed by atoms with Gasteiger partial charge < -0.3 is 11.1 Å². The summed E-state index contributed by atoms with van der Waals surface area (Å²) in [6.07, 6.45) is 0. The molecule has 0 bridgehead atoms. The predicted molar refractivity (Wildman–Crippen MR) is 87.2 cm³/mol. The average Bonchev–Trinajstić information content (AvgIpc) is 2.94. The van der Waals surface area contributed by atoms with E-state index in [-0.39, 0.29) is 0 Å². The first-order valence-corrected chi connectivity index (χ1v) is 7.27. The number of nitrogens with zero attached hydrogens (tertiary/aromatic N) is 1. The second-order valence-electron chi connectivity index (χ2n) is 4.49. The third-order valence-electron chi connectivity index (χ3n) is 3.00. The maximum absolute atomic E-state index is 5.91. The van der Waals surface area contributed by atoms with Crippen LogP contribution in [-0.4, -0.2) is 5.96 Å². The van der Waals surface area contributed by atoms with Crippen LogP contribution in [0.25, 0.3) is 10.1 Å². The molecule has 0 saturated carbocycles. The lowest BCUT2D eigenvalue weighted by Gasteiger charge is -2.06. The second-order valence-corrected chi connectivity index (χ2v) is 5.43. The molecule has 0 aliphatic rings. The Morgan fingerprint density at radius 1 is 1.10 bits per heavy atom. The van der Waals surface area contributed by atoms with Gasteiger partial charge in [-0.05, 0) is 40.6 Å². The van der Waals surface area contributed by atoms with E-state index < -0.39 is 0 Å². The van der Waals surface area contributed by atoms with Gasteiger partial charge in [0.15, 0.2) is 5.96 Å². The van der Waals surface area contributed by atoms with Crippen LogP contribution in [0.4, 0.5) is 5.69 Å². The molecule has 3 nitrogen and oxygen atoms in total. The molecule has 1 heterocycles. The van der Waals surface area contributed by atoms with Crippen molar-refractivity contribution < 1.29 is 0 Å². The highest BCUT2D eigenvalue weighted by molar-refractivity contribution is 7.17. The molecule has 0 spiro atoms. The lowest BCUT2D eigenvalue weighted by atomic mass is 10.2. The van der Waals surface area contributed by atoms with Crippen LogP contribution in [0.1, 0.15) is 5.56 Å². The minimum Gasteiger partial charge on any atom is -0.370 e. The van der Waals surface area contributed by atoms with Gasteiger partial charge in [0, 0.05) is 10.4 Å². The normalized spacial score (nSPS) is 11.7. The Labute approximate surface area is 121 Å². The van der Waals surface area contributed by atoms with E-state index in [1.165, 1.54) is 10.1 Å². The van der Waals surface area contributed by atoms with Gasteiger partial charge in [0.2, 0.25) is 0 Å². The molecule has 0 saturated heterocycles. The summed E-state index contributed by atoms with van der Waals surface area (Å²) in [6.45, 7) is 0.584. The minimum atomic E-state index is 0.434. The Balaban J connectivity index is 1.70. The Kier molecular flexibility index (Phi) is 3.65. The first kappa shape index (κ1) is 12.7. The summed E-state index contributed by atoms with van der Waals surface area (Å²) in [5.74, 6) is 0.434. The summed E-state index contributed by atoms with van der Waals surface area (Å²) in [5, 5.41) is 6.43. The van der Waals surface area contributed by atoms with E-state index in [0.29, 0.717) is 12.5 Å². The zero-order valence-electron chi connectivity index (χ0n) is 10.9. The maximum Gasteiger partial charge on any atom is 0.193 e. The van der Waals surface area contributed by atoms with Gasteiger partial charge in [-0.1, -0.05) is 30.3 Å². The summed E-state index contributed by atoms with van der Waals surface area (Å²) < 4.78 is 1.27. The van der Waals surface area contributed by atoms with E-state index in [0.717, 1.165) is 11.3 Å². The van der Waals surface area contributed by atoms with Gasteiger partial charge >= 0.3 is 0 Å².